The van der Waals surface area contributed by atoms with E-state index in [-0.39, 0.29) is 0 Å². The van der Waals surface area contributed by atoms with Gasteiger partial charge in [0.2, 0.25) is 0 Å². The van der Waals surface area contributed by atoms with E-state index < -0.39 is 0 Å². The topological polar surface area (TPSA) is 17.1 Å². The SMILES string of the molecule is CCC(C)C(CC)CCC=O. The van der Waals surface area contributed by atoms with Gasteiger partial charge < -0.3 is 4.79 Å². The Hall–Kier alpha value is -0.330. The molecule has 0 heterocycles. The Morgan fingerprint density at radius 3 is 2.27 bits per heavy atom. The lowest BCUT2D eigenvalue weighted by molar-refractivity contribution is -0.108. The summed E-state index contributed by atoms with van der Waals surface area (Å²) in [6, 6.07) is 0. The van der Waals surface area contributed by atoms with Crippen molar-refractivity contribution in [1.82, 2.24) is 0 Å². The summed E-state index contributed by atoms with van der Waals surface area (Å²) in [7, 11) is 0. The van der Waals surface area contributed by atoms with Crippen LogP contribution >= 0.6 is 0 Å². The minimum Gasteiger partial charge on any atom is -0.303 e. The monoisotopic (exact) mass is 156 g/mol. The van der Waals surface area contributed by atoms with Gasteiger partial charge in [-0.15, -0.1) is 0 Å². The highest BCUT2D eigenvalue weighted by molar-refractivity contribution is 5.49. The van der Waals surface area contributed by atoms with Gasteiger partial charge in [0.15, 0.2) is 0 Å². The van der Waals surface area contributed by atoms with Gasteiger partial charge in [-0.1, -0.05) is 33.6 Å². The second-order valence-electron chi connectivity index (χ2n) is 3.30. The first kappa shape index (κ1) is 10.7. The molecule has 0 radical (unpaired) electrons. The molecule has 0 aliphatic carbocycles. The average Bonchev–Trinajstić information content (AvgIpc) is 2.05. The van der Waals surface area contributed by atoms with Gasteiger partial charge in [0.25, 0.3) is 0 Å². The van der Waals surface area contributed by atoms with Crippen LogP contribution in [0, 0.1) is 11.8 Å². The van der Waals surface area contributed by atoms with Crippen molar-refractivity contribution in [3.8, 4) is 0 Å². The summed E-state index contributed by atoms with van der Waals surface area (Å²) in [4.78, 5) is 10.1. The molecule has 1 nitrogen and oxygen atoms in total. The molecule has 0 fully saturated rings. The molecule has 0 saturated carbocycles. The molecule has 0 aliphatic rings. The van der Waals surface area contributed by atoms with Gasteiger partial charge in [-0.25, -0.2) is 0 Å². The van der Waals surface area contributed by atoms with Crippen LogP contribution in [-0.2, 0) is 4.79 Å². The molecule has 0 saturated heterocycles. The number of aldehydes is 1. The summed E-state index contributed by atoms with van der Waals surface area (Å²) in [5, 5.41) is 0. The fourth-order valence-electron chi connectivity index (χ4n) is 1.51. The Balaban J connectivity index is 3.64. The van der Waals surface area contributed by atoms with Crippen molar-refractivity contribution in [2.45, 2.75) is 46.5 Å². The largest absolute Gasteiger partial charge is 0.303 e. The van der Waals surface area contributed by atoms with E-state index in [0.717, 1.165) is 31.0 Å². The molecule has 0 aromatic rings. The van der Waals surface area contributed by atoms with Crippen molar-refractivity contribution >= 4 is 6.29 Å². The van der Waals surface area contributed by atoms with Crippen LogP contribution < -0.4 is 0 Å². The lowest BCUT2D eigenvalue weighted by Crippen LogP contribution is -2.09. The van der Waals surface area contributed by atoms with E-state index in [1.807, 2.05) is 0 Å². The molecular formula is C10H20O. The molecule has 0 amide bonds. The Kier molecular flexibility index (Phi) is 6.19. The zero-order valence-corrected chi connectivity index (χ0v) is 7.97. The Labute approximate surface area is 70.2 Å². The molecule has 0 aromatic carbocycles. The van der Waals surface area contributed by atoms with E-state index in [4.69, 9.17) is 0 Å². The molecule has 0 aliphatic heterocycles. The van der Waals surface area contributed by atoms with Gasteiger partial charge in [0, 0.05) is 6.42 Å². The highest BCUT2D eigenvalue weighted by Crippen LogP contribution is 2.22. The van der Waals surface area contributed by atoms with Gasteiger partial charge in [0.1, 0.15) is 6.29 Å². The first-order valence-corrected chi connectivity index (χ1v) is 4.69. The molecule has 2 unspecified atom stereocenters. The van der Waals surface area contributed by atoms with Crippen molar-refractivity contribution in [1.29, 1.82) is 0 Å². The van der Waals surface area contributed by atoms with Crippen molar-refractivity contribution in [2.75, 3.05) is 0 Å². The molecule has 0 rings (SSSR count). The van der Waals surface area contributed by atoms with Crippen LogP contribution in [0.1, 0.15) is 46.5 Å². The maximum atomic E-state index is 10.1. The predicted octanol–water partition coefficient (Wildman–Crippen LogP) is 3.04. The second-order valence-corrected chi connectivity index (χ2v) is 3.30. The average molecular weight is 156 g/mol. The van der Waals surface area contributed by atoms with Crippen LogP contribution in [-0.4, -0.2) is 6.29 Å². The fourth-order valence-corrected chi connectivity index (χ4v) is 1.51. The van der Waals surface area contributed by atoms with Crippen LogP contribution in [0.25, 0.3) is 0 Å². The lowest BCUT2D eigenvalue weighted by atomic mass is 9.86. The summed E-state index contributed by atoms with van der Waals surface area (Å²) in [5.74, 6) is 1.53. The summed E-state index contributed by atoms with van der Waals surface area (Å²) in [5.41, 5.74) is 0. The zero-order chi connectivity index (χ0) is 8.69. The van der Waals surface area contributed by atoms with Gasteiger partial charge in [-0.3, -0.25) is 0 Å². The fraction of sp³-hybridized carbons (Fsp3) is 0.900. The van der Waals surface area contributed by atoms with E-state index in [1.165, 1.54) is 12.8 Å². The Morgan fingerprint density at radius 2 is 1.91 bits per heavy atom. The quantitative estimate of drug-likeness (QED) is 0.540. The summed E-state index contributed by atoms with van der Waals surface area (Å²) in [6.07, 6.45) is 5.29. The third-order valence-corrected chi connectivity index (χ3v) is 2.63. The van der Waals surface area contributed by atoms with Crippen molar-refractivity contribution in [2.24, 2.45) is 11.8 Å². The molecular weight excluding hydrogens is 136 g/mol. The van der Waals surface area contributed by atoms with E-state index in [2.05, 4.69) is 20.8 Å². The molecule has 0 aromatic heterocycles. The summed E-state index contributed by atoms with van der Waals surface area (Å²) >= 11 is 0. The van der Waals surface area contributed by atoms with Gasteiger partial charge in [0.05, 0.1) is 0 Å². The molecule has 0 spiro atoms. The first-order chi connectivity index (χ1) is 5.26. The summed E-state index contributed by atoms with van der Waals surface area (Å²) < 4.78 is 0. The second kappa shape index (κ2) is 6.38. The number of rotatable bonds is 6. The van der Waals surface area contributed by atoms with Crippen LogP contribution in [0.3, 0.4) is 0 Å². The van der Waals surface area contributed by atoms with Crippen LogP contribution in [0.5, 0.6) is 0 Å². The van der Waals surface area contributed by atoms with Crippen molar-refractivity contribution in [3.05, 3.63) is 0 Å². The molecule has 11 heavy (non-hydrogen) atoms. The van der Waals surface area contributed by atoms with E-state index in [1.54, 1.807) is 0 Å². The van der Waals surface area contributed by atoms with E-state index in [0.29, 0.717) is 0 Å². The van der Waals surface area contributed by atoms with Crippen LogP contribution in [0.15, 0.2) is 0 Å². The number of hydrogen-bond donors (Lipinski definition) is 0. The van der Waals surface area contributed by atoms with Gasteiger partial charge >= 0.3 is 0 Å². The normalized spacial score (nSPS) is 15.9. The van der Waals surface area contributed by atoms with Gasteiger partial charge in [-0.2, -0.15) is 0 Å². The predicted molar refractivity (Wildman–Crippen MR) is 48.5 cm³/mol. The zero-order valence-electron chi connectivity index (χ0n) is 7.97. The molecule has 1 heteroatoms. The van der Waals surface area contributed by atoms with Crippen LogP contribution in [0.4, 0.5) is 0 Å². The first-order valence-electron chi connectivity index (χ1n) is 4.69. The van der Waals surface area contributed by atoms with Crippen molar-refractivity contribution < 1.29 is 4.79 Å². The van der Waals surface area contributed by atoms with Crippen LogP contribution in [0.2, 0.25) is 0 Å². The molecule has 0 bridgehead atoms. The third kappa shape index (κ3) is 4.18. The molecule has 2 atom stereocenters. The number of hydrogen-bond acceptors (Lipinski definition) is 1. The Morgan fingerprint density at radius 1 is 1.27 bits per heavy atom. The maximum Gasteiger partial charge on any atom is 0.120 e. The highest BCUT2D eigenvalue weighted by Gasteiger charge is 2.12. The minimum absolute atomic E-state index is 0.739. The smallest absolute Gasteiger partial charge is 0.120 e. The number of carbonyl (C=O) groups excluding carboxylic acids is 1. The minimum atomic E-state index is 0.739. The van der Waals surface area contributed by atoms with E-state index >= 15 is 0 Å². The Bertz CT molecular complexity index is 99.0. The van der Waals surface area contributed by atoms with Crippen molar-refractivity contribution in [3.63, 3.8) is 0 Å². The molecule has 66 valence electrons. The molecule has 0 N–H and O–H groups in total. The standard InChI is InChI=1S/C10H20O/c1-4-9(3)10(5-2)7-6-8-11/h8-10H,4-7H2,1-3H3. The maximum absolute atomic E-state index is 10.1. The number of carbonyl (C=O) groups is 1. The third-order valence-electron chi connectivity index (χ3n) is 2.63. The lowest BCUT2D eigenvalue weighted by Gasteiger charge is -2.19. The highest BCUT2D eigenvalue weighted by atomic mass is 16.1. The summed E-state index contributed by atoms with van der Waals surface area (Å²) in [6.45, 7) is 6.70. The van der Waals surface area contributed by atoms with E-state index in [9.17, 15) is 4.79 Å². The van der Waals surface area contributed by atoms with Gasteiger partial charge in [-0.05, 0) is 18.3 Å².